The Morgan fingerprint density at radius 2 is 0.809 bits per heavy atom. The van der Waals surface area contributed by atoms with Crippen molar-refractivity contribution in [2.24, 2.45) is 38.9 Å². The van der Waals surface area contributed by atoms with Crippen molar-refractivity contribution < 1.29 is 38.6 Å². The lowest BCUT2D eigenvalue weighted by atomic mass is 9.90. The third kappa shape index (κ3) is 46.8. The summed E-state index contributed by atoms with van der Waals surface area (Å²) in [5.74, 6) is 2.55. The number of piperidine rings is 4. The quantitative estimate of drug-likeness (QED) is 0.0833. The highest BCUT2D eigenvalue weighted by molar-refractivity contribution is 5.91. The third-order valence-electron chi connectivity index (χ3n) is 16.1. The summed E-state index contributed by atoms with van der Waals surface area (Å²) in [5, 5.41) is 19.3. The molecule has 0 saturated carbocycles. The standard InChI is InChI=1S/C16H26N2O.C15H26FNO.C15H27NO2.C15H27NO.C14H25NO2/c1-13-9-14(11-17-5)18(12-13)8-6-7-15(19)10-16(2,3)4;1-14(2,3)12-13(18)6-5-9-17-10-7-15(4,16)8-11-17;1-14(2,3)12-13(17)6-5-9-16-10-7-15(4,18)8-11-16;1-13-7-10-16(11-8-13)9-5-6-14(17)12-15(2,3)4;1-14(2,3)10-12(16)6-4-8-15-9-5-7-13(17)11-15/h6-7,13-14H,8-12H2,1-4H3;5-6H,7-12H2,1-4H3;5-6,18H,7-12H2,1-4H3;5-6,13H,7-12H2,1-4H3;4,6,13,17H,5,7-11H2,1-3H3/b7-6+;3*6-5+;6-4+. The highest BCUT2D eigenvalue weighted by atomic mass is 19.1. The van der Waals surface area contributed by atoms with Crippen molar-refractivity contribution in [2.45, 2.75) is 245 Å². The molecule has 13 nitrogen and oxygen atoms in total. The Morgan fingerprint density at radius 3 is 1.15 bits per heavy atom. The van der Waals surface area contributed by atoms with Crippen LogP contribution in [0.5, 0.6) is 0 Å². The van der Waals surface area contributed by atoms with E-state index in [1.165, 1.54) is 25.9 Å². The fourth-order valence-electron chi connectivity index (χ4n) is 11.2. The maximum absolute atomic E-state index is 13.6. The minimum atomic E-state index is -0.998. The van der Waals surface area contributed by atoms with E-state index in [2.05, 4.69) is 147 Å². The number of alkyl halides is 1. The minimum Gasteiger partial charge on any atom is -0.392 e. The molecule has 5 aliphatic heterocycles. The van der Waals surface area contributed by atoms with E-state index < -0.39 is 11.3 Å². The number of ketones is 5. The maximum Gasteiger partial charge on any atom is 0.230 e. The topological polar surface area (TPSA) is 146 Å². The van der Waals surface area contributed by atoms with Crippen LogP contribution in [0.1, 0.15) is 221 Å². The van der Waals surface area contributed by atoms with Crippen LogP contribution in [-0.2, 0) is 24.0 Å². The molecule has 5 rings (SSSR count). The Balaban J connectivity index is 0.000000557. The Hall–Kier alpha value is -3.81. The molecule has 510 valence electrons. The molecule has 0 amide bonds. The molecule has 0 aromatic heterocycles. The summed E-state index contributed by atoms with van der Waals surface area (Å²) in [5.41, 5.74) is -1.18. The van der Waals surface area contributed by atoms with E-state index in [4.69, 9.17) is 6.57 Å². The summed E-state index contributed by atoms with van der Waals surface area (Å²) >= 11 is 0. The van der Waals surface area contributed by atoms with Gasteiger partial charge in [0.05, 0.1) is 17.7 Å². The normalized spacial score (nSPS) is 22.2. The van der Waals surface area contributed by atoms with Gasteiger partial charge in [-0.1, -0.05) is 148 Å². The summed E-state index contributed by atoms with van der Waals surface area (Å²) in [7, 11) is 0. The van der Waals surface area contributed by atoms with Gasteiger partial charge in [0.1, 0.15) is 5.67 Å². The number of aliphatic hydroxyl groups excluding tert-OH is 1. The van der Waals surface area contributed by atoms with Crippen molar-refractivity contribution in [3.8, 4) is 0 Å². The van der Waals surface area contributed by atoms with Crippen molar-refractivity contribution in [1.82, 2.24) is 24.5 Å². The van der Waals surface area contributed by atoms with E-state index in [-0.39, 0.29) is 62.1 Å². The first-order valence-electron chi connectivity index (χ1n) is 33.9. The predicted octanol–water partition coefficient (Wildman–Crippen LogP) is 14.2. The Labute approximate surface area is 543 Å². The Kier molecular flexibility index (Phi) is 37.7. The van der Waals surface area contributed by atoms with Gasteiger partial charge in [-0.2, -0.15) is 0 Å². The summed E-state index contributed by atoms with van der Waals surface area (Å²) < 4.78 is 13.6. The van der Waals surface area contributed by atoms with Crippen molar-refractivity contribution >= 4 is 28.9 Å². The number of hydrogen-bond donors (Lipinski definition) is 2. The first-order valence-corrected chi connectivity index (χ1v) is 33.9. The molecule has 0 aromatic rings. The van der Waals surface area contributed by atoms with Gasteiger partial charge in [-0.15, -0.1) is 0 Å². The smallest absolute Gasteiger partial charge is 0.230 e. The van der Waals surface area contributed by atoms with Crippen LogP contribution in [-0.4, -0.2) is 185 Å². The van der Waals surface area contributed by atoms with Gasteiger partial charge in [-0.05, 0) is 161 Å². The molecule has 0 bridgehead atoms. The van der Waals surface area contributed by atoms with E-state index in [0.29, 0.717) is 63.5 Å². The molecular formula is C75H131FN6O7. The maximum atomic E-state index is 13.6. The van der Waals surface area contributed by atoms with E-state index >= 15 is 0 Å². The molecule has 3 unspecified atom stereocenters. The summed E-state index contributed by atoms with van der Waals surface area (Å²) in [4.78, 5) is 73.2. The largest absolute Gasteiger partial charge is 0.392 e. The molecular weight excluding hydrogens is 1120 g/mol. The summed E-state index contributed by atoms with van der Waals surface area (Å²) in [6, 6.07) is 0.370. The number of rotatable bonds is 21. The van der Waals surface area contributed by atoms with Crippen molar-refractivity contribution in [1.29, 1.82) is 0 Å². The van der Waals surface area contributed by atoms with Crippen LogP contribution in [0.15, 0.2) is 60.8 Å². The zero-order chi connectivity index (χ0) is 67.9. The molecule has 5 saturated heterocycles. The number of nitrogens with zero attached hydrogens (tertiary/aromatic N) is 6. The fourth-order valence-corrected chi connectivity index (χ4v) is 11.2. The van der Waals surface area contributed by atoms with Crippen LogP contribution in [0.3, 0.4) is 0 Å². The predicted molar refractivity (Wildman–Crippen MR) is 370 cm³/mol. The number of likely N-dealkylation sites (tertiary alicyclic amines) is 5. The fraction of sp³-hybridized carbons (Fsp3) is 0.787. The number of allylic oxidation sites excluding steroid dienone is 5. The second kappa shape index (κ2) is 40.3. The molecule has 14 heteroatoms. The van der Waals surface area contributed by atoms with Gasteiger partial charge in [-0.3, -0.25) is 48.5 Å². The average molecular weight is 1250 g/mol. The van der Waals surface area contributed by atoms with Crippen molar-refractivity contribution in [3.63, 3.8) is 0 Å². The second-order valence-electron chi connectivity index (χ2n) is 33.4. The molecule has 5 aliphatic rings. The van der Waals surface area contributed by atoms with Gasteiger partial charge in [0.25, 0.3) is 0 Å². The molecule has 0 aliphatic carbocycles. The Bertz CT molecular complexity index is 2200. The number of carbonyl (C=O) groups excluding carboxylic acids is 5. The number of carbonyl (C=O) groups is 5. The van der Waals surface area contributed by atoms with Gasteiger partial charge in [-0.25, -0.2) is 11.0 Å². The molecule has 89 heavy (non-hydrogen) atoms. The van der Waals surface area contributed by atoms with E-state index in [1.807, 2.05) is 37.3 Å². The molecule has 0 spiro atoms. The minimum absolute atomic E-state index is 0.0442. The summed E-state index contributed by atoms with van der Waals surface area (Å²) in [6.45, 7) is 59.4. The molecule has 0 aromatic carbocycles. The average Bonchev–Trinajstić information content (AvgIpc) is 3.94. The van der Waals surface area contributed by atoms with E-state index in [1.54, 1.807) is 37.3 Å². The van der Waals surface area contributed by atoms with Crippen LogP contribution in [0.2, 0.25) is 0 Å². The van der Waals surface area contributed by atoms with Crippen LogP contribution in [0.4, 0.5) is 4.39 Å². The summed E-state index contributed by atoms with van der Waals surface area (Å²) in [6.07, 6.45) is 29.6. The van der Waals surface area contributed by atoms with Gasteiger partial charge >= 0.3 is 0 Å². The first kappa shape index (κ1) is 83.2. The van der Waals surface area contributed by atoms with Crippen LogP contribution in [0, 0.1) is 45.5 Å². The van der Waals surface area contributed by atoms with Gasteiger partial charge < -0.3 is 15.1 Å². The van der Waals surface area contributed by atoms with Gasteiger partial charge in [0.15, 0.2) is 28.9 Å². The molecule has 3 atom stereocenters. The van der Waals surface area contributed by atoms with E-state index in [9.17, 15) is 38.6 Å². The lowest BCUT2D eigenvalue weighted by molar-refractivity contribution is -0.117. The third-order valence-corrected chi connectivity index (χ3v) is 16.1. The number of aliphatic hydroxyl groups is 2. The van der Waals surface area contributed by atoms with Crippen LogP contribution >= 0.6 is 0 Å². The SMILES string of the molecule is CC(C)(C)CC(=O)/C=C/CN1CCC(C)(F)CC1.CC(C)(C)CC(=O)/C=C/CN1CCC(C)(O)CC1.CC(C)(C)CC(=O)/C=C/CN1CCCC(O)C1.CC1CCN(C/C=C/C(=O)CC(C)(C)C)CC1.[C-]#[N+]CC1CC(C)CN1C/C=C/C(=O)CC(C)(C)C. The number of halogens is 1. The second-order valence-corrected chi connectivity index (χ2v) is 33.4. The van der Waals surface area contributed by atoms with Gasteiger partial charge in [0, 0.05) is 104 Å². The zero-order valence-electron chi connectivity index (χ0n) is 60.1. The van der Waals surface area contributed by atoms with E-state index in [0.717, 1.165) is 117 Å². The van der Waals surface area contributed by atoms with Crippen molar-refractivity contribution in [2.75, 3.05) is 98.2 Å². The van der Waals surface area contributed by atoms with Crippen LogP contribution < -0.4 is 0 Å². The lowest BCUT2D eigenvalue weighted by Gasteiger charge is -2.35. The highest BCUT2D eigenvalue weighted by Gasteiger charge is 2.32. The number of hydrogen-bond acceptors (Lipinski definition) is 12. The Morgan fingerprint density at radius 1 is 0.483 bits per heavy atom. The highest BCUT2D eigenvalue weighted by Crippen LogP contribution is 2.28. The molecule has 0 radical (unpaired) electrons. The van der Waals surface area contributed by atoms with Gasteiger partial charge in [0.2, 0.25) is 6.54 Å². The first-order chi connectivity index (χ1) is 40.9. The number of β-amino-alcohol motifs (C(OH)–C–C–N with tert-alkyl or cyclic N) is 1. The molecule has 5 heterocycles. The zero-order valence-corrected chi connectivity index (χ0v) is 60.1. The monoisotopic (exact) mass is 1250 g/mol. The lowest BCUT2D eigenvalue weighted by Crippen LogP contribution is -2.42. The van der Waals surface area contributed by atoms with Crippen molar-refractivity contribution in [3.05, 3.63) is 72.2 Å². The van der Waals surface area contributed by atoms with Crippen LogP contribution in [0.25, 0.3) is 4.85 Å². The molecule has 5 fully saturated rings. The molecule has 2 N–H and O–H groups in total.